The van der Waals surface area contributed by atoms with E-state index in [1.807, 2.05) is 0 Å². The van der Waals surface area contributed by atoms with Crippen LogP contribution in [0.1, 0.15) is 5.56 Å². The van der Waals surface area contributed by atoms with E-state index < -0.39 is 15.7 Å². The van der Waals surface area contributed by atoms with Crippen LogP contribution in [0, 0.1) is 5.82 Å². The van der Waals surface area contributed by atoms with Gasteiger partial charge in [-0.2, -0.15) is 0 Å². The van der Waals surface area contributed by atoms with Gasteiger partial charge in [0, 0.05) is 5.69 Å². The Morgan fingerprint density at radius 3 is 2.32 bits per heavy atom. The quantitative estimate of drug-likeness (QED) is 0.874. The van der Waals surface area contributed by atoms with E-state index in [0.717, 1.165) is 11.6 Å². The minimum absolute atomic E-state index is 0.165. The van der Waals surface area contributed by atoms with Crippen molar-refractivity contribution < 1.29 is 12.8 Å². The largest absolute Gasteiger partial charge is 0.399 e. The average molecular weight is 279 g/mol. The SMILES string of the molecule is Nc1ccccc1CCS(=O)(=O)c1ccccc1F. The molecule has 5 heteroatoms. The summed E-state index contributed by atoms with van der Waals surface area (Å²) in [5.74, 6) is -0.883. The summed E-state index contributed by atoms with van der Waals surface area (Å²) in [6, 6.07) is 12.4. The minimum Gasteiger partial charge on any atom is -0.399 e. The van der Waals surface area contributed by atoms with E-state index in [9.17, 15) is 12.8 Å². The lowest BCUT2D eigenvalue weighted by atomic mass is 10.1. The average Bonchev–Trinajstić information content (AvgIpc) is 2.38. The number of anilines is 1. The lowest BCUT2D eigenvalue weighted by Crippen LogP contribution is -2.11. The molecule has 0 saturated carbocycles. The fourth-order valence-electron chi connectivity index (χ4n) is 1.81. The van der Waals surface area contributed by atoms with Crippen LogP contribution in [0.25, 0.3) is 0 Å². The molecule has 0 spiro atoms. The Balaban J connectivity index is 2.20. The summed E-state index contributed by atoms with van der Waals surface area (Å²) in [6.07, 6.45) is 0.267. The van der Waals surface area contributed by atoms with E-state index in [4.69, 9.17) is 5.73 Å². The molecule has 3 nitrogen and oxygen atoms in total. The maximum absolute atomic E-state index is 13.5. The molecule has 0 aromatic heterocycles. The predicted octanol–water partition coefficient (Wildman–Crippen LogP) is 2.42. The third-order valence-corrected chi connectivity index (χ3v) is 4.61. The van der Waals surface area contributed by atoms with Crippen LogP contribution in [0.2, 0.25) is 0 Å². The molecular formula is C14H14FNO2S. The number of benzene rings is 2. The van der Waals surface area contributed by atoms with Gasteiger partial charge in [0.25, 0.3) is 0 Å². The molecule has 0 heterocycles. The molecule has 100 valence electrons. The summed E-state index contributed by atoms with van der Waals surface area (Å²) in [5.41, 5.74) is 7.05. The van der Waals surface area contributed by atoms with E-state index in [0.29, 0.717) is 5.69 Å². The Morgan fingerprint density at radius 1 is 1.00 bits per heavy atom. The van der Waals surface area contributed by atoms with E-state index >= 15 is 0 Å². The zero-order valence-electron chi connectivity index (χ0n) is 10.2. The molecule has 0 aliphatic rings. The van der Waals surface area contributed by atoms with Gasteiger partial charge in [-0.1, -0.05) is 30.3 Å². The van der Waals surface area contributed by atoms with Crippen LogP contribution in [0.5, 0.6) is 0 Å². The van der Waals surface area contributed by atoms with Gasteiger partial charge in [0.15, 0.2) is 9.84 Å². The summed E-state index contributed by atoms with van der Waals surface area (Å²) in [7, 11) is -3.64. The maximum atomic E-state index is 13.5. The van der Waals surface area contributed by atoms with Gasteiger partial charge in [-0.05, 0) is 30.2 Å². The summed E-state index contributed by atoms with van der Waals surface area (Å²) >= 11 is 0. The molecule has 0 saturated heterocycles. The maximum Gasteiger partial charge on any atom is 0.181 e. The number of rotatable bonds is 4. The number of hydrogen-bond acceptors (Lipinski definition) is 3. The van der Waals surface area contributed by atoms with Gasteiger partial charge in [0.2, 0.25) is 0 Å². The highest BCUT2D eigenvalue weighted by Gasteiger charge is 2.18. The molecule has 2 aromatic carbocycles. The second kappa shape index (κ2) is 5.40. The zero-order valence-corrected chi connectivity index (χ0v) is 11.0. The van der Waals surface area contributed by atoms with E-state index in [2.05, 4.69) is 0 Å². The van der Waals surface area contributed by atoms with Gasteiger partial charge >= 0.3 is 0 Å². The molecule has 2 N–H and O–H groups in total. The highest BCUT2D eigenvalue weighted by atomic mass is 32.2. The standard InChI is InChI=1S/C14H14FNO2S/c15-12-6-2-4-8-14(12)19(17,18)10-9-11-5-1-3-7-13(11)16/h1-8H,9-10,16H2. The Morgan fingerprint density at radius 2 is 1.63 bits per heavy atom. The highest BCUT2D eigenvalue weighted by molar-refractivity contribution is 7.91. The second-order valence-electron chi connectivity index (χ2n) is 4.20. The van der Waals surface area contributed by atoms with Crippen LogP contribution in [0.4, 0.5) is 10.1 Å². The Hall–Kier alpha value is -1.88. The fraction of sp³-hybridized carbons (Fsp3) is 0.143. The summed E-state index contributed by atoms with van der Waals surface area (Å²) in [4.78, 5) is -0.260. The van der Waals surface area contributed by atoms with Crippen LogP contribution in [0.3, 0.4) is 0 Å². The lowest BCUT2D eigenvalue weighted by Gasteiger charge is -2.07. The van der Waals surface area contributed by atoms with Crippen molar-refractivity contribution in [2.75, 3.05) is 11.5 Å². The predicted molar refractivity (Wildman–Crippen MR) is 73.0 cm³/mol. The third-order valence-electron chi connectivity index (χ3n) is 2.87. The van der Waals surface area contributed by atoms with Gasteiger partial charge in [0.1, 0.15) is 10.7 Å². The first-order valence-corrected chi connectivity index (χ1v) is 7.46. The molecule has 19 heavy (non-hydrogen) atoms. The third kappa shape index (κ3) is 3.12. The van der Waals surface area contributed by atoms with E-state index in [1.165, 1.54) is 18.2 Å². The minimum atomic E-state index is -3.64. The van der Waals surface area contributed by atoms with Crippen molar-refractivity contribution in [3.8, 4) is 0 Å². The Kier molecular flexibility index (Phi) is 3.85. The first-order valence-electron chi connectivity index (χ1n) is 5.81. The summed E-state index contributed by atoms with van der Waals surface area (Å²) in [5, 5.41) is 0. The molecule has 0 aliphatic heterocycles. The highest BCUT2D eigenvalue weighted by Crippen LogP contribution is 2.18. The first-order chi connectivity index (χ1) is 9.00. The van der Waals surface area contributed by atoms with E-state index in [-0.39, 0.29) is 17.1 Å². The number of sulfone groups is 1. The zero-order chi connectivity index (χ0) is 13.9. The van der Waals surface area contributed by atoms with Crippen LogP contribution in [-0.4, -0.2) is 14.2 Å². The number of hydrogen-bond donors (Lipinski definition) is 1. The number of aryl methyl sites for hydroxylation is 1. The number of para-hydroxylation sites is 1. The van der Waals surface area contributed by atoms with Crippen molar-refractivity contribution in [2.45, 2.75) is 11.3 Å². The van der Waals surface area contributed by atoms with Crippen LogP contribution in [-0.2, 0) is 16.3 Å². The smallest absolute Gasteiger partial charge is 0.181 e. The van der Waals surface area contributed by atoms with Crippen molar-refractivity contribution in [3.05, 3.63) is 59.9 Å². The molecule has 0 unspecified atom stereocenters. The topological polar surface area (TPSA) is 60.2 Å². The molecule has 0 atom stereocenters. The fourth-order valence-corrected chi connectivity index (χ4v) is 3.17. The Labute approximate surface area is 111 Å². The summed E-state index contributed by atoms with van der Waals surface area (Å²) < 4.78 is 37.6. The van der Waals surface area contributed by atoms with Crippen LogP contribution >= 0.6 is 0 Å². The van der Waals surface area contributed by atoms with Gasteiger partial charge < -0.3 is 5.73 Å². The number of halogens is 1. The molecule has 0 fully saturated rings. The van der Waals surface area contributed by atoms with Crippen molar-refractivity contribution in [1.29, 1.82) is 0 Å². The molecule has 0 amide bonds. The van der Waals surface area contributed by atoms with E-state index in [1.54, 1.807) is 24.3 Å². The number of nitrogens with two attached hydrogens (primary N) is 1. The summed E-state index contributed by atoms with van der Waals surface area (Å²) in [6.45, 7) is 0. The normalized spacial score (nSPS) is 11.4. The van der Waals surface area contributed by atoms with Crippen LogP contribution < -0.4 is 5.73 Å². The molecular weight excluding hydrogens is 265 g/mol. The van der Waals surface area contributed by atoms with Gasteiger partial charge in [-0.25, -0.2) is 12.8 Å². The first kappa shape index (κ1) is 13.5. The second-order valence-corrected chi connectivity index (χ2v) is 6.28. The van der Waals surface area contributed by atoms with Crippen LogP contribution in [0.15, 0.2) is 53.4 Å². The lowest BCUT2D eigenvalue weighted by molar-refractivity contribution is 0.566. The monoisotopic (exact) mass is 279 g/mol. The molecule has 0 aliphatic carbocycles. The number of nitrogen functional groups attached to an aromatic ring is 1. The van der Waals surface area contributed by atoms with Crippen molar-refractivity contribution in [2.24, 2.45) is 0 Å². The Bertz CT molecular complexity index is 683. The molecule has 0 bridgehead atoms. The van der Waals surface area contributed by atoms with Crippen molar-refractivity contribution in [1.82, 2.24) is 0 Å². The van der Waals surface area contributed by atoms with Gasteiger partial charge in [-0.15, -0.1) is 0 Å². The van der Waals surface area contributed by atoms with Gasteiger partial charge in [0.05, 0.1) is 5.75 Å². The van der Waals surface area contributed by atoms with Crippen molar-refractivity contribution >= 4 is 15.5 Å². The van der Waals surface area contributed by atoms with Gasteiger partial charge in [-0.3, -0.25) is 0 Å². The molecule has 2 aromatic rings. The molecule has 2 rings (SSSR count). The molecule has 0 radical (unpaired) electrons. The van der Waals surface area contributed by atoms with Crippen molar-refractivity contribution in [3.63, 3.8) is 0 Å².